The number of ether oxygens (including phenoxy) is 1. The highest BCUT2D eigenvalue weighted by Crippen LogP contribution is 2.40. The molecule has 1 aliphatic rings. The molecule has 0 radical (unpaired) electrons. The first-order valence-corrected chi connectivity index (χ1v) is 11.0. The van der Waals surface area contributed by atoms with Gasteiger partial charge < -0.3 is 10.1 Å². The molecule has 1 heterocycles. The van der Waals surface area contributed by atoms with Crippen LogP contribution in [0.15, 0.2) is 35.2 Å². The molecule has 0 saturated carbocycles. The van der Waals surface area contributed by atoms with Crippen molar-refractivity contribution in [2.24, 2.45) is 0 Å². The summed E-state index contributed by atoms with van der Waals surface area (Å²) >= 11 is 6.33. The molecule has 1 aliphatic heterocycles. The van der Waals surface area contributed by atoms with Crippen molar-refractivity contribution in [3.8, 4) is 11.5 Å². The summed E-state index contributed by atoms with van der Waals surface area (Å²) in [6, 6.07) is 8.11. The molecular formula is C20H23ClN2O4S. The Hall–Kier alpha value is -2.09. The molecule has 8 heteroatoms. The van der Waals surface area contributed by atoms with Gasteiger partial charge in [-0.05, 0) is 43.5 Å². The van der Waals surface area contributed by atoms with Gasteiger partial charge in [0.05, 0.1) is 16.3 Å². The predicted octanol–water partition coefficient (Wildman–Crippen LogP) is 4.82. The average Bonchev–Trinajstić information content (AvgIpc) is 2.76. The van der Waals surface area contributed by atoms with Crippen LogP contribution in [0.5, 0.6) is 11.5 Å². The summed E-state index contributed by atoms with van der Waals surface area (Å²) in [4.78, 5) is 12.6. The van der Waals surface area contributed by atoms with E-state index in [1.54, 1.807) is 12.1 Å². The molecular weight excluding hydrogens is 400 g/mol. The number of fused-ring (bicyclic) bond motifs is 2. The Morgan fingerprint density at radius 3 is 2.39 bits per heavy atom. The molecule has 0 aliphatic carbocycles. The fourth-order valence-corrected chi connectivity index (χ4v) is 5.25. The number of nitrogens with one attached hydrogen (secondary N) is 1. The van der Waals surface area contributed by atoms with Gasteiger partial charge in [-0.3, -0.25) is 4.79 Å². The van der Waals surface area contributed by atoms with E-state index in [9.17, 15) is 13.2 Å². The van der Waals surface area contributed by atoms with E-state index < -0.39 is 15.9 Å². The van der Waals surface area contributed by atoms with Crippen molar-refractivity contribution < 1.29 is 17.9 Å². The van der Waals surface area contributed by atoms with Crippen LogP contribution in [0.2, 0.25) is 5.02 Å². The molecule has 0 atom stereocenters. The van der Waals surface area contributed by atoms with E-state index in [2.05, 4.69) is 5.32 Å². The molecule has 3 rings (SSSR count). The monoisotopic (exact) mass is 422 g/mol. The number of nitrogens with zero attached hydrogens (tertiary/aromatic N) is 1. The van der Waals surface area contributed by atoms with Gasteiger partial charge in [0, 0.05) is 19.2 Å². The third kappa shape index (κ3) is 3.87. The third-order valence-corrected chi connectivity index (χ3v) is 6.81. The summed E-state index contributed by atoms with van der Waals surface area (Å²) < 4.78 is 33.6. The van der Waals surface area contributed by atoms with Crippen LogP contribution in [-0.2, 0) is 10.0 Å². The maximum Gasteiger partial charge on any atom is 0.259 e. The van der Waals surface area contributed by atoms with Gasteiger partial charge in [-0.2, -0.15) is 4.31 Å². The normalized spacial score (nSPS) is 13.4. The van der Waals surface area contributed by atoms with Gasteiger partial charge in [0.1, 0.15) is 10.6 Å². The number of halogens is 1. The van der Waals surface area contributed by atoms with E-state index in [-0.39, 0.29) is 21.2 Å². The van der Waals surface area contributed by atoms with Crippen LogP contribution >= 0.6 is 11.6 Å². The first kappa shape index (κ1) is 20.6. The van der Waals surface area contributed by atoms with Crippen LogP contribution < -0.4 is 10.1 Å². The Kier molecular flexibility index (Phi) is 5.98. The van der Waals surface area contributed by atoms with Gasteiger partial charge >= 0.3 is 0 Å². The largest absolute Gasteiger partial charge is 0.454 e. The van der Waals surface area contributed by atoms with Crippen LogP contribution in [0, 0.1) is 6.92 Å². The maximum atomic E-state index is 13.1. The van der Waals surface area contributed by atoms with E-state index in [0.29, 0.717) is 37.4 Å². The molecule has 0 unspecified atom stereocenters. The molecule has 0 spiro atoms. The molecule has 2 aromatic carbocycles. The van der Waals surface area contributed by atoms with E-state index in [4.69, 9.17) is 16.3 Å². The molecule has 0 fully saturated rings. The molecule has 28 heavy (non-hydrogen) atoms. The quantitative estimate of drug-likeness (QED) is 0.724. The molecule has 0 saturated heterocycles. The van der Waals surface area contributed by atoms with Gasteiger partial charge in [-0.1, -0.05) is 31.5 Å². The summed E-state index contributed by atoms with van der Waals surface area (Å²) in [7, 11) is -3.83. The second kappa shape index (κ2) is 8.11. The Bertz CT molecular complexity index is 1020. The van der Waals surface area contributed by atoms with Crippen molar-refractivity contribution in [3.05, 3.63) is 46.5 Å². The average molecular weight is 423 g/mol. The molecule has 1 N–H and O–H groups in total. The molecule has 2 aromatic rings. The Labute approximate surface area is 170 Å². The van der Waals surface area contributed by atoms with Gasteiger partial charge in [-0.15, -0.1) is 0 Å². The minimum atomic E-state index is -3.83. The number of anilines is 1. The van der Waals surface area contributed by atoms with Gasteiger partial charge in [0.25, 0.3) is 5.91 Å². The SMILES string of the molecule is CCCN(CCC)S(=O)(=O)c1cc2c(cc1Cl)Oc1cc(C)ccc1NC2=O. The van der Waals surface area contributed by atoms with Crippen molar-refractivity contribution in [2.45, 2.75) is 38.5 Å². The highest BCUT2D eigenvalue weighted by molar-refractivity contribution is 7.89. The van der Waals surface area contributed by atoms with E-state index in [0.717, 1.165) is 5.56 Å². The zero-order valence-electron chi connectivity index (χ0n) is 16.1. The molecule has 150 valence electrons. The number of carbonyl (C=O) groups excluding carboxylic acids is 1. The lowest BCUT2D eigenvalue weighted by molar-refractivity contribution is 0.102. The highest BCUT2D eigenvalue weighted by Gasteiger charge is 2.30. The lowest BCUT2D eigenvalue weighted by atomic mass is 10.2. The Morgan fingerprint density at radius 2 is 1.75 bits per heavy atom. The molecule has 1 amide bonds. The fourth-order valence-electron chi connectivity index (χ4n) is 3.11. The fraction of sp³-hybridized carbons (Fsp3) is 0.350. The van der Waals surface area contributed by atoms with Crippen molar-refractivity contribution in [1.82, 2.24) is 4.31 Å². The number of aryl methyl sites for hydroxylation is 1. The van der Waals surface area contributed by atoms with Crippen molar-refractivity contribution in [2.75, 3.05) is 18.4 Å². The highest BCUT2D eigenvalue weighted by atomic mass is 35.5. The first-order chi connectivity index (χ1) is 13.3. The number of amides is 1. The summed E-state index contributed by atoms with van der Waals surface area (Å²) in [5, 5.41) is 2.80. The number of hydrogen-bond acceptors (Lipinski definition) is 4. The lowest BCUT2D eigenvalue weighted by Gasteiger charge is -2.22. The summed E-state index contributed by atoms with van der Waals surface area (Å²) in [5.41, 5.74) is 1.62. The van der Waals surface area contributed by atoms with E-state index >= 15 is 0 Å². The number of hydrogen-bond donors (Lipinski definition) is 1. The van der Waals surface area contributed by atoms with Crippen molar-refractivity contribution in [1.29, 1.82) is 0 Å². The van der Waals surface area contributed by atoms with Crippen LogP contribution in [0.25, 0.3) is 0 Å². The van der Waals surface area contributed by atoms with Crippen LogP contribution in [-0.4, -0.2) is 31.7 Å². The molecule has 6 nitrogen and oxygen atoms in total. The summed E-state index contributed by atoms with van der Waals surface area (Å²) in [6.45, 7) is 6.51. The minimum absolute atomic E-state index is 0.0276. The van der Waals surface area contributed by atoms with Crippen LogP contribution in [0.1, 0.15) is 42.6 Å². The number of carbonyl (C=O) groups is 1. The first-order valence-electron chi connectivity index (χ1n) is 9.21. The van der Waals surface area contributed by atoms with Gasteiger partial charge in [0.2, 0.25) is 10.0 Å². The number of benzene rings is 2. The van der Waals surface area contributed by atoms with Crippen molar-refractivity contribution in [3.63, 3.8) is 0 Å². The molecule has 0 bridgehead atoms. The smallest absolute Gasteiger partial charge is 0.259 e. The van der Waals surface area contributed by atoms with Crippen LogP contribution in [0.4, 0.5) is 5.69 Å². The standard InChI is InChI=1S/C20H23ClN2O4S/c1-4-8-23(9-5-2)28(25,26)19-11-14-17(12-15(19)21)27-18-10-13(3)6-7-16(18)22-20(14)24/h6-7,10-12H,4-5,8-9H2,1-3H3,(H,22,24). The third-order valence-electron chi connectivity index (χ3n) is 4.45. The predicted molar refractivity (Wildman–Crippen MR) is 110 cm³/mol. The second-order valence-corrected chi connectivity index (χ2v) is 9.05. The zero-order valence-corrected chi connectivity index (χ0v) is 17.7. The van der Waals surface area contributed by atoms with Crippen LogP contribution in [0.3, 0.4) is 0 Å². The Balaban J connectivity index is 2.10. The number of sulfonamides is 1. The van der Waals surface area contributed by atoms with Crippen molar-refractivity contribution >= 4 is 33.2 Å². The Morgan fingerprint density at radius 1 is 1.07 bits per heavy atom. The van der Waals surface area contributed by atoms with Gasteiger partial charge in [0.15, 0.2) is 5.75 Å². The number of rotatable bonds is 6. The zero-order chi connectivity index (χ0) is 20.5. The lowest BCUT2D eigenvalue weighted by Crippen LogP contribution is -2.33. The maximum absolute atomic E-state index is 13.1. The topological polar surface area (TPSA) is 75.7 Å². The summed E-state index contributed by atoms with van der Waals surface area (Å²) in [5.74, 6) is 0.268. The summed E-state index contributed by atoms with van der Waals surface area (Å²) in [6.07, 6.45) is 1.36. The molecule has 0 aromatic heterocycles. The van der Waals surface area contributed by atoms with Gasteiger partial charge in [-0.25, -0.2) is 8.42 Å². The second-order valence-electron chi connectivity index (χ2n) is 6.74. The van der Waals surface area contributed by atoms with E-state index in [1.807, 2.05) is 26.8 Å². The van der Waals surface area contributed by atoms with E-state index in [1.165, 1.54) is 16.4 Å². The minimum Gasteiger partial charge on any atom is -0.454 e.